The van der Waals surface area contributed by atoms with Crippen molar-refractivity contribution in [2.24, 2.45) is 0 Å². The first kappa shape index (κ1) is 18.3. The lowest BCUT2D eigenvalue weighted by Crippen LogP contribution is -2.09. The molecule has 0 amide bonds. The van der Waals surface area contributed by atoms with Crippen molar-refractivity contribution in [3.8, 4) is 0 Å². The second-order valence-electron chi connectivity index (χ2n) is 5.83. The van der Waals surface area contributed by atoms with Crippen LogP contribution in [0.15, 0.2) is 54.6 Å². The number of aryl methyl sites for hydroxylation is 1. The van der Waals surface area contributed by atoms with E-state index in [0.717, 1.165) is 5.69 Å². The number of hydrogen-bond donors (Lipinski definition) is 2. The SMILES string of the molecule is COC(=O)c1ccccc1Nc1cc(C)nc(NCc2ccccc2F)n1. The molecule has 0 atom stereocenters. The average Bonchev–Trinajstić information content (AvgIpc) is 2.67. The molecule has 2 aromatic carbocycles. The van der Waals surface area contributed by atoms with Crippen molar-refractivity contribution in [1.82, 2.24) is 9.97 Å². The van der Waals surface area contributed by atoms with Gasteiger partial charge in [0, 0.05) is 23.9 Å². The maximum Gasteiger partial charge on any atom is 0.339 e. The standard InChI is InChI=1S/C20H19FN4O2/c1-13-11-18(24-17-10-6-4-8-15(17)19(26)27-2)25-20(23-13)22-12-14-7-3-5-9-16(14)21/h3-11H,12H2,1-2H3,(H2,22,23,24,25). The normalized spacial score (nSPS) is 10.3. The zero-order valence-electron chi connectivity index (χ0n) is 15.0. The van der Waals surface area contributed by atoms with Crippen molar-refractivity contribution < 1.29 is 13.9 Å². The monoisotopic (exact) mass is 366 g/mol. The van der Waals surface area contributed by atoms with E-state index < -0.39 is 5.97 Å². The van der Waals surface area contributed by atoms with Crippen molar-refractivity contribution >= 4 is 23.4 Å². The van der Waals surface area contributed by atoms with Gasteiger partial charge in [0.05, 0.1) is 18.4 Å². The summed E-state index contributed by atoms with van der Waals surface area (Å²) in [4.78, 5) is 20.6. The molecular formula is C20H19FN4O2. The van der Waals surface area contributed by atoms with Crippen LogP contribution in [0.25, 0.3) is 0 Å². The van der Waals surface area contributed by atoms with Crippen LogP contribution >= 0.6 is 0 Å². The predicted octanol–water partition coefficient (Wildman–Crippen LogP) is 4.07. The molecule has 0 spiro atoms. The first-order valence-corrected chi connectivity index (χ1v) is 8.34. The second-order valence-corrected chi connectivity index (χ2v) is 5.83. The number of para-hydroxylation sites is 1. The molecule has 0 aliphatic rings. The number of hydrogen-bond acceptors (Lipinski definition) is 6. The molecule has 3 rings (SSSR count). The molecule has 0 saturated carbocycles. The highest BCUT2D eigenvalue weighted by Crippen LogP contribution is 2.22. The number of aromatic nitrogens is 2. The lowest BCUT2D eigenvalue weighted by atomic mass is 10.2. The van der Waals surface area contributed by atoms with Gasteiger partial charge in [0.15, 0.2) is 0 Å². The van der Waals surface area contributed by atoms with Gasteiger partial charge in [-0.15, -0.1) is 0 Å². The third-order valence-electron chi connectivity index (χ3n) is 3.84. The largest absolute Gasteiger partial charge is 0.465 e. The number of carbonyl (C=O) groups excluding carboxylic acids is 1. The maximum absolute atomic E-state index is 13.8. The smallest absolute Gasteiger partial charge is 0.339 e. The summed E-state index contributed by atoms with van der Waals surface area (Å²) in [6.07, 6.45) is 0. The number of anilines is 3. The fraction of sp³-hybridized carbons (Fsp3) is 0.150. The number of methoxy groups -OCH3 is 1. The van der Waals surface area contributed by atoms with Crippen molar-refractivity contribution in [3.63, 3.8) is 0 Å². The van der Waals surface area contributed by atoms with E-state index >= 15 is 0 Å². The molecule has 0 radical (unpaired) electrons. The Bertz CT molecular complexity index is 962. The van der Waals surface area contributed by atoms with Gasteiger partial charge in [-0.25, -0.2) is 14.2 Å². The molecule has 3 aromatic rings. The summed E-state index contributed by atoms with van der Waals surface area (Å²) < 4.78 is 18.6. The van der Waals surface area contributed by atoms with Crippen LogP contribution < -0.4 is 10.6 Å². The molecular weight excluding hydrogens is 347 g/mol. The van der Waals surface area contributed by atoms with Gasteiger partial charge in [-0.05, 0) is 25.1 Å². The Morgan fingerprint density at radius 3 is 2.63 bits per heavy atom. The Balaban J connectivity index is 1.80. The first-order chi connectivity index (χ1) is 13.1. The fourth-order valence-corrected chi connectivity index (χ4v) is 2.55. The van der Waals surface area contributed by atoms with E-state index in [0.29, 0.717) is 28.6 Å². The van der Waals surface area contributed by atoms with E-state index in [1.54, 1.807) is 48.5 Å². The average molecular weight is 366 g/mol. The van der Waals surface area contributed by atoms with E-state index in [9.17, 15) is 9.18 Å². The number of rotatable bonds is 6. The molecule has 0 saturated heterocycles. The van der Waals surface area contributed by atoms with Crippen molar-refractivity contribution in [2.75, 3.05) is 17.7 Å². The molecule has 27 heavy (non-hydrogen) atoms. The molecule has 7 heteroatoms. The Labute approximate surface area is 156 Å². The number of benzene rings is 2. The molecule has 1 aromatic heterocycles. The molecule has 0 aliphatic carbocycles. The van der Waals surface area contributed by atoms with Crippen molar-refractivity contribution in [3.05, 3.63) is 77.2 Å². The van der Waals surface area contributed by atoms with Crippen LogP contribution in [-0.4, -0.2) is 23.0 Å². The van der Waals surface area contributed by atoms with Gasteiger partial charge < -0.3 is 15.4 Å². The van der Waals surface area contributed by atoms with E-state index in [-0.39, 0.29) is 12.4 Å². The molecule has 1 heterocycles. The van der Waals surface area contributed by atoms with Crippen LogP contribution in [0.4, 0.5) is 21.8 Å². The van der Waals surface area contributed by atoms with Crippen LogP contribution in [-0.2, 0) is 11.3 Å². The molecule has 0 bridgehead atoms. The highest BCUT2D eigenvalue weighted by molar-refractivity contribution is 5.96. The highest BCUT2D eigenvalue weighted by atomic mass is 19.1. The number of nitrogens with zero attached hydrogens (tertiary/aromatic N) is 2. The maximum atomic E-state index is 13.8. The minimum Gasteiger partial charge on any atom is -0.465 e. The fourth-order valence-electron chi connectivity index (χ4n) is 2.55. The van der Waals surface area contributed by atoms with Crippen molar-refractivity contribution in [1.29, 1.82) is 0 Å². The number of carbonyl (C=O) groups is 1. The zero-order valence-corrected chi connectivity index (χ0v) is 15.0. The predicted molar refractivity (Wildman–Crippen MR) is 102 cm³/mol. The van der Waals surface area contributed by atoms with Crippen LogP contribution in [0.2, 0.25) is 0 Å². The Morgan fingerprint density at radius 1 is 1.11 bits per heavy atom. The van der Waals surface area contributed by atoms with Gasteiger partial charge in [-0.3, -0.25) is 0 Å². The third kappa shape index (κ3) is 4.58. The van der Waals surface area contributed by atoms with Crippen LogP contribution in [0, 0.1) is 12.7 Å². The van der Waals surface area contributed by atoms with Gasteiger partial charge in [0.25, 0.3) is 0 Å². The quantitative estimate of drug-likeness (QED) is 0.641. The molecule has 2 N–H and O–H groups in total. The van der Waals surface area contributed by atoms with Gasteiger partial charge in [-0.1, -0.05) is 30.3 Å². The number of ether oxygens (including phenoxy) is 1. The van der Waals surface area contributed by atoms with Gasteiger partial charge in [-0.2, -0.15) is 4.98 Å². The Hall–Kier alpha value is -3.48. The van der Waals surface area contributed by atoms with E-state index in [1.807, 2.05) is 6.92 Å². The zero-order chi connectivity index (χ0) is 19.2. The minimum absolute atomic E-state index is 0.258. The Morgan fingerprint density at radius 2 is 1.85 bits per heavy atom. The highest BCUT2D eigenvalue weighted by Gasteiger charge is 2.12. The summed E-state index contributed by atoms with van der Waals surface area (Å²) in [5.74, 6) is 0.135. The molecule has 0 aliphatic heterocycles. The number of esters is 1. The topological polar surface area (TPSA) is 76.1 Å². The van der Waals surface area contributed by atoms with E-state index in [1.165, 1.54) is 13.2 Å². The number of nitrogens with one attached hydrogen (secondary N) is 2. The molecule has 0 fully saturated rings. The lowest BCUT2D eigenvalue weighted by Gasteiger charge is -2.12. The minimum atomic E-state index is -0.443. The van der Waals surface area contributed by atoms with Gasteiger partial charge in [0.1, 0.15) is 11.6 Å². The van der Waals surface area contributed by atoms with Crippen LogP contribution in [0.5, 0.6) is 0 Å². The second kappa shape index (κ2) is 8.27. The summed E-state index contributed by atoms with van der Waals surface area (Å²) in [7, 11) is 1.33. The van der Waals surface area contributed by atoms with Crippen LogP contribution in [0.1, 0.15) is 21.6 Å². The number of halogens is 1. The van der Waals surface area contributed by atoms with E-state index in [2.05, 4.69) is 20.6 Å². The Kier molecular flexibility index (Phi) is 5.61. The molecule has 138 valence electrons. The first-order valence-electron chi connectivity index (χ1n) is 8.34. The summed E-state index contributed by atoms with van der Waals surface area (Å²) in [6.45, 7) is 2.08. The van der Waals surface area contributed by atoms with Crippen molar-refractivity contribution in [2.45, 2.75) is 13.5 Å². The summed E-state index contributed by atoms with van der Waals surface area (Å²) in [5, 5.41) is 6.14. The van der Waals surface area contributed by atoms with Gasteiger partial charge in [0.2, 0.25) is 5.95 Å². The summed E-state index contributed by atoms with van der Waals surface area (Å²) >= 11 is 0. The summed E-state index contributed by atoms with van der Waals surface area (Å²) in [6, 6.07) is 15.3. The third-order valence-corrected chi connectivity index (χ3v) is 3.84. The summed E-state index contributed by atoms with van der Waals surface area (Å²) in [5.41, 5.74) is 2.21. The lowest BCUT2D eigenvalue weighted by molar-refractivity contribution is 0.0602. The van der Waals surface area contributed by atoms with Gasteiger partial charge >= 0.3 is 5.97 Å². The molecule has 6 nitrogen and oxygen atoms in total. The van der Waals surface area contributed by atoms with E-state index in [4.69, 9.17) is 4.74 Å². The molecule has 0 unspecified atom stereocenters. The van der Waals surface area contributed by atoms with Crippen LogP contribution in [0.3, 0.4) is 0 Å².